The van der Waals surface area contributed by atoms with E-state index in [-0.39, 0.29) is 12.0 Å². The maximum Gasteiger partial charge on any atom is 0.388 e. The number of nitrogens with one attached hydrogen (secondary N) is 1. The van der Waals surface area contributed by atoms with Crippen LogP contribution in [0.2, 0.25) is 0 Å². The SMILES string of the molecule is CCCCCCCCCCCCCCCOC1C(O)C(Cn2cc(P(=O)(OCOC(=O)C(C)(C)C)OCOC(=O)C(C)(C)C)nn2)OC1n1ccc(=O)[nH]c1=O. The van der Waals surface area contributed by atoms with Gasteiger partial charge in [-0.2, -0.15) is 0 Å². The number of hydrogen-bond donors (Lipinski definition) is 2. The van der Waals surface area contributed by atoms with Gasteiger partial charge >= 0.3 is 25.2 Å². The van der Waals surface area contributed by atoms with Crippen molar-refractivity contribution in [3.63, 3.8) is 0 Å². The first kappa shape index (κ1) is 47.2. The van der Waals surface area contributed by atoms with Crippen molar-refractivity contribution in [2.45, 2.75) is 163 Å². The van der Waals surface area contributed by atoms with E-state index in [9.17, 15) is 28.8 Å². The molecule has 1 aliphatic heterocycles. The first-order valence-electron chi connectivity index (χ1n) is 19.9. The lowest BCUT2D eigenvalue weighted by molar-refractivity contribution is -0.161. The maximum atomic E-state index is 13.9. The van der Waals surface area contributed by atoms with Crippen LogP contribution in [0.1, 0.15) is 138 Å². The zero-order valence-electron chi connectivity index (χ0n) is 34.2. The van der Waals surface area contributed by atoms with Gasteiger partial charge in [0, 0.05) is 18.9 Å². The summed E-state index contributed by atoms with van der Waals surface area (Å²) in [4.78, 5) is 51.4. The first-order valence-corrected chi connectivity index (χ1v) is 21.4. The Balaban J connectivity index is 1.63. The Kier molecular flexibility index (Phi) is 19.1. The molecule has 0 radical (unpaired) electrons. The third-order valence-electron chi connectivity index (χ3n) is 9.22. The Bertz CT molecular complexity index is 1630. The van der Waals surface area contributed by atoms with Crippen molar-refractivity contribution in [2.75, 3.05) is 20.2 Å². The van der Waals surface area contributed by atoms with Crippen LogP contribution >= 0.6 is 7.60 Å². The highest BCUT2D eigenvalue weighted by molar-refractivity contribution is 7.61. The van der Waals surface area contributed by atoms with Gasteiger partial charge < -0.3 is 24.1 Å². The second-order valence-electron chi connectivity index (χ2n) is 16.3. The molecular formula is C38H64N5O12P. The molecule has 0 saturated carbocycles. The topological polar surface area (TPSA) is 212 Å². The highest BCUT2D eigenvalue weighted by atomic mass is 31.2. The maximum absolute atomic E-state index is 13.9. The molecule has 0 spiro atoms. The summed E-state index contributed by atoms with van der Waals surface area (Å²) in [5.41, 5.74) is -3.35. The van der Waals surface area contributed by atoms with E-state index >= 15 is 0 Å². The number of aromatic nitrogens is 5. The second-order valence-corrected chi connectivity index (χ2v) is 18.3. The molecule has 3 heterocycles. The molecule has 2 N–H and O–H groups in total. The van der Waals surface area contributed by atoms with Gasteiger partial charge in [0.2, 0.25) is 13.6 Å². The molecule has 1 fully saturated rings. The standard InChI is InChI=1S/C38H64N5O12P/c1-8-9-10-11-12-13-14-15-16-17-18-19-20-23-50-32-31(45)28(55-33(32)43-22-21-29(44)39-36(43)48)24-42-25-30(40-41-42)56(49,53-26-51-34(46)37(2,3)4)54-27-52-35(47)38(5,6)7/h21-22,25,28,31-33,45H,8-20,23-24,26-27H2,1-7H3,(H,39,44,48). The van der Waals surface area contributed by atoms with Crippen molar-refractivity contribution in [3.05, 3.63) is 39.3 Å². The summed E-state index contributed by atoms with van der Waals surface area (Å²) in [6.07, 6.45) is 13.7. The van der Waals surface area contributed by atoms with Crippen LogP contribution in [0.3, 0.4) is 0 Å². The molecule has 17 nitrogen and oxygen atoms in total. The fourth-order valence-electron chi connectivity index (χ4n) is 5.83. The number of hydrogen-bond acceptors (Lipinski definition) is 14. The van der Waals surface area contributed by atoms with Crippen molar-refractivity contribution in [3.8, 4) is 0 Å². The number of aromatic amines is 1. The summed E-state index contributed by atoms with van der Waals surface area (Å²) in [5, 5.41) is 19.4. The summed E-state index contributed by atoms with van der Waals surface area (Å²) < 4.78 is 49.6. The average Bonchev–Trinajstić information content (AvgIpc) is 3.72. The van der Waals surface area contributed by atoms with Gasteiger partial charge in [-0.1, -0.05) is 89.2 Å². The summed E-state index contributed by atoms with van der Waals surface area (Å²) in [5.74, 6) is -1.25. The molecule has 1 aliphatic rings. The van der Waals surface area contributed by atoms with Crippen LogP contribution in [0.15, 0.2) is 28.0 Å². The number of aliphatic hydroxyl groups excluding tert-OH is 1. The largest absolute Gasteiger partial charge is 0.438 e. The van der Waals surface area contributed by atoms with Crippen LogP contribution < -0.4 is 16.7 Å². The van der Waals surface area contributed by atoms with Gasteiger partial charge in [-0.3, -0.25) is 37.5 Å². The monoisotopic (exact) mass is 813 g/mol. The van der Waals surface area contributed by atoms with Crippen LogP contribution in [-0.2, 0) is 48.7 Å². The molecule has 3 rings (SSSR count). The van der Waals surface area contributed by atoms with Gasteiger partial charge in [-0.15, -0.1) is 5.10 Å². The summed E-state index contributed by atoms with van der Waals surface area (Å²) >= 11 is 0. The Hall–Kier alpha value is -3.21. The molecule has 0 aromatic carbocycles. The van der Waals surface area contributed by atoms with Gasteiger partial charge in [0.1, 0.15) is 18.3 Å². The average molecular weight is 814 g/mol. The molecule has 4 atom stereocenters. The van der Waals surface area contributed by atoms with Crippen molar-refractivity contribution >= 4 is 25.0 Å². The van der Waals surface area contributed by atoms with Gasteiger partial charge in [0.05, 0.1) is 23.6 Å². The molecule has 56 heavy (non-hydrogen) atoms. The number of aliphatic hydroxyl groups is 1. The minimum atomic E-state index is -4.41. The molecule has 18 heteroatoms. The van der Waals surface area contributed by atoms with Crippen molar-refractivity contribution in [2.24, 2.45) is 10.8 Å². The molecule has 0 aliphatic carbocycles. The van der Waals surface area contributed by atoms with Gasteiger partial charge in [-0.05, 0) is 48.0 Å². The lowest BCUT2D eigenvalue weighted by Gasteiger charge is -2.22. The van der Waals surface area contributed by atoms with E-state index in [0.29, 0.717) is 6.61 Å². The summed E-state index contributed by atoms with van der Waals surface area (Å²) in [6.45, 7) is 10.7. The van der Waals surface area contributed by atoms with Crippen molar-refractivity contribution < 1.29 is 47.3 Å². The Morgan fingerprint density at radius 2 is 1.38 bits per heavy atom. The minimum Gasteiger partial charge on any atom is -0.438 e. The van der Waals surface area contributed by atoms with E-state index < -0.39 is 79.7 Å². The summed E-state index contributed by atoms with van der Waals surface area (Å²) in [7, 11) is -4.41. The molecule has 1 saturated heterocycles. The number of H-pyrrole nitrogens is 1. The number of rotatable bonds is 25. The van der Waals surface area contributed by atoms with E-state index in [1.807, 2.05) is 0 Å². The third-order valence-corrected chi connectivity index (χ3v) is 10.9. The molecule has 0 bridgehead atoms. The fraction of sp³-hybridized carbons (Fsp3) is 0.789. The van der Waals surface area contributed by atoms with E-state index in [4.69, 9.17) is 28.0 Å². The van der Waals surface area contributed by atoms with Gasteiger partial charge in [-0.25, -0.2) is 9.48 Å². The van der Waals surface area contributed by atoms with Crippen LogP contribution in [0.25, 0.3) is 0 Å². The third kappa shape index (κ3) is 15.3. The Morgan fingerprint density at radius 3 is 1.88 bits per heavy atom. The zero-order valence-corrected chi connectivity index (χ0v) is 35.1. The van der Waals surface area contributed by atoms with Crippen LogP contribution in [0.4, 0.5) is 0 Å². The number of carbonyl (C=O) groups is 2. The number of ether oxygens (including phenoxy) is 4. The zero-order chi connectivity index (χ0) is 41.4. The number of esters is 2. The van der Waals surface area contributed by atoms with Crippen molar-refractivity contribution in [1.29, 1.82) is 0 Å². The molecule has 318 valence electrons. The van der Waals surface area contributed by atoms with Gasteiger partial charge in [0.25, 0.3) is 5.56 Å². The predicted octanol–water partition coefficient (Wildman–Crippen LogP) is 5.51. The highest BCUT2D eigenvalue weighted by Crippen LogP contribution is 2.46. The van der Waals surface area contributed by atoms with Crippen LogP contribution in [0.5, 0.6) is 0 Å². The second kappa shape index (κ2) is 22.7. The van der Waals surface area contributed by atoms with Crippen LogP contribution in [-0.4, -0.2) is 80.1 Å². The van der Waals surface area contributed by atoms with E-state index in [1.54, 1.807) is 41.5 Å². The lowest BCUT2D eigenvalue weighted by atomic mass is 9.98. The predicted molar refractivity (Wildman–Crippen MR) is 207 cm³/mol. The number of nitrogens with zero attached hydrogens (tertiary/aromatic N) is 4. The van der Waals surface area contributed by atoms with E-state index in [2.05, 4.69) is 22.2 Å². The Labute approximate surface area is 329 Å². The normalized spacial score (nSPS) is 19.0. The molecule has 2 aromatic heterocycles. The smallest absolute Gasteiger partial charge is 0.388 e. The fourth-order valence-corrected chi connectivity index (χ4v) is 6.97. The molecule has 0 amide bonds. The Morgan fingerprint density at radius 1 is 0.857 bits per heavy atom. The highest BCUT2D eigenvalue weighted by Gasteiger charge is 2.46. The first-order chi connectivity index (χ1) is 26.5. The minimum absolute atomic E-state index is 0.139. The van der Waals surface area contributed by atoms with E-state index in [1.165, 1.54) is 80.9 Å². The van der Waals surface area contributed by atoms with Crippen LogP contribution in [0, 0.1) is 10.8 Å². The quantitative estimate of drug-likeness (QED) is 0.0548. The lowest BCUT2D eigenvalue weighted by Crippen LogP contribution is -2.39. The van der Waals surface area contributed by atoms with Crippen molar-refractivity contribution in [1.82, 2.24) is 24.5 Å². The molecule has 2 aromatic rings. The molecule has 4 unspecified atom stereocenters. The summed E-state index contributed by atoms with van der Waals surface area (Å²) in [6, 6.07) is 1.17. The molecular weight excluding hydrogens is 749 g/mol. The van der Waals surface area contributed by atoms with Gasteiger partial charge in [0.15, 0.2) is 11.7 Å². The van der Waals surface area contributed by atoms with E-state index in [0.717, 1.165) is 30.3 Å². The number of carbonyl (C=O) groups excluding carboxylic acids is 2. The number of unbranched alkanes of at least 4 members (excludes halogenated alkanes) is 12.